The molecule has 4 rings (SSSR count). The molecule has 2 atom stereocenters. The number of aromatic nitrogens is 3. The predicted molar refractivity (Wildman–Crippen MR) is 104 cm³/mol. The molecule has 0 bridgehead atoms. The SMILES string of the molecule is CCc1ccc([C@@H]2C[C@@H]2COc2nc(C)ncc2C2CCC(O)CC2)nc1. The Morgan fingerprint density at radius 3 is 2.63 bits per heavy atom. The molecule has 2 aliphatic rings. The molecule has 5 nitrogen and oxygen atoms in total. The summed E-state index contributed by atoms with van der Waals surface area (Å²) in [6.07, 6.45) is 9.57. The van der Waals surface area contributed by atoms with Crippen LogP contribution in [0.5, 0.6) is 5.88 Å². The molecule has 0 saturated heterocycles. The minimum atomic E-state index is -0.157. The highest BCUT2D eigenvalue weighted by Gasteiger charge is 2.40. The molecule has 2 heterocycles. The fourth-order valence-corrected chi connectivity index (χ4v) is 4.09. The summed E-state index contributed by atoms with van der Waals surface area (Å²) in [7, 11) is 0. The number of hydrogen-bond acceptors (Lipinski definition) is 5. The molecule has 0 spiro atoms. The second kappa shape index (κ2) is 7.93. The molecule has 0 aromatic carbocycles. The second-order valence-electron chi connectivity index (χ2n) is 8.04. The summed E-state index contributed by atoms with van der Waals surface area (Å²) in [6, 6.07) is 4.35. The molecule has 0 amide bonds. The molecular weight excluding hydrogens is 338 g/mol. The summed E-state index contributed by atoms with van der Waals surface area (Å²) >= 11 is 0. The van der Waals surface area contributed by atoms with Gasteiger partial charge in [0.05, 0.1) is 12.7 Å². The Hall–Kier alpha value is -2.01. The summed E-state index contributed by atoms with van der Waals surface area (Å²) < 4.78 is 6.18. The van der Waals surface area contributed by atoms with E-state index in [0.717, 1.165) is 55.8 Å². The van der Waals surface area contributed by atoms with Gasteiger partial charge >= 0.3 is 0 Å². The van der Waals surface area contributed by atoms with Crippen molar-refractivity contribution >= 4 is 0 Å². The average molecular weight is 367 g/mol. The Balaban J connectivity index is 1.39. The van der Waals surface area contributed by atoms with Gasteiger partial charge in [0.2, 0.25) is 5.88 Å². The van der Waals surface area contributed by atoms with Gasteiger partial charge in [-0.3, -0.25) is 4.98 Å². The third-order valence-corrected chi connectivity index (χ3v) is 6.03. The van der Waals surface area contributed by atoms with Crippen LogP contribution in [0.3, 0.4) is 0 Å². The van der Waals surface area contributed by atoms with Gasteiger partial charge in [-0.2, -0.15) is 4.98 Å². The highest BCUT2D eigenvalue weighted by Crippen LogP contribution is 2.47. The fourth-order valence-electron chi connectivity index (χ4n) is 4.09. The van der Waals surface area contributed by atoms with E-state index in [2.05, 4.69) is 34.0 Å². The highest BCUT2D eigenvalue weighted by atomic mass is 16.5. The van der Waals surface area contributed by atoms with Crippen molar-refractivity contribution in [1.82, 2.24) is 15.0 Å². The summed E-state index contributed by atoms with van der Waals surface area (Å²) in [4.78, 5) is 13.6. The molecule has 5 heteroatoms. The van der Waals surface area contributed by atoms with Crippen molar-refractivity contribution in [3.63, 3.8) is 0 Å². The number of ether oxygens (including phenoxy) is 1. The van der Waals surface area contributed by atoms with Gasteiger partial charge in [-0.25, -0.2) is 4.98 Å². The lowest BCUT2D eigenvalue weighted by molar-refractivity contribution is 0.121. The monoisotopic (exact) mass is 367 g/mol. The molecule has 0 unspecified atom stereocenters. The van der Waals surface area contributed by atoms with Crippen LogP contribution in [0.2, 0.25) is 0 Å². The first kappa shape index (κ1) is 18.4. The lowest BCUT2D eigenvalue weighted by atomic mass is 9.83. The van der Waals surface area contributed by atoms with Crippen LogP contribution in [-0.4, -0.2) is 32.8 Å². The van der Waals surface area contributed by atoms with E-state index in [4.69, 9.17) is 4.74 Å². The minimum absolute atomic E-state index is 0.157. The standard InChI is InChI=1S/C22H29N3O2/c1-3-15-4-9-21(24-11-15)19-10-17(19)13-27-22-20(12-23-14(2)25-22)16-5-7-18(26)8-6-16/h4,9,11-12,16-19,26H,3,5-8,10,13H2,1-2H3/t16?,17-,18?,19-/m1/s1. The van der Waals surface area contributed by atoms with Gasteiger partial charge in [-0.05, 0) is 63.0 Å². The molecule has 2 fully saturated rings. The summed E-state index contributed by atoms with van der Waals surface area (Å²) in [5, 5.41) is 9.77. The topological polar surface area (TPSA) is 68.1 Å². The molecule has 2 saturated carbocycles. The van der Waals surface area contributed by atoms with Crippen molar-refractivity contribution in [2.75, 3.05) is 6.61 Å². The Bertz CT molecular complexity index is 770. The maximum Gasteiger partial charge on any atom is 0.220 e. The maximum absolute atomic E-state index is 9.77. The fraction of sp³-hybridized carbons (Fsp3) is 0.591. The first-order chi connectivity index (χ1) is 13.1. The molecular formula is C22H29N3O2. The van der Waals surface area contributed by atoms with Gasteiger partial charge in [0.15, 0.2) is 0 Å². The zero-order valence-corrected chi connectivity index (χ0v) is 16.3. The Kier molecular flexibility index (Phi) is 5.39. The van der Waals surface area contributed by atoms with Gasteiger partial charge in [0.1, 0.15) is 5.82 Å². The first-order valence-corrected chi connectivity index (χ1v) is 10.2. The van der Waals surface area contributed by atoms with Crippen LogP contribution in [0.4, 0.5) is 0 Å². The van der Waals surface area contributed by atoms with Crippen LogP contribution < -0.4 is 4.74 Å². The number of aryl methyl sites for hydroxylation is 2. The quantitative estimate of drug-likeness (QED) is 0.837. The van der Waals surface area contributed by atoms with Gasteiger partial charge in [-0.1, -0.05) is 13.0 Å². The van der Waals surface area contributed by atoms with E-state index >= 15 is 0 Å². The largest absolute Gasteiger partial charge is 0.477 e. The van der Waals surface area contributed by atoms with Crippen LogP contribution in [0.15, 0.2) is 24.5 Å². The Morgan fingerprint density at radius 2 is 1.93 bits per heavy atom. The normalized spacial score (nSPS) is 27.4. The summed E-state index contributed by atoms with van der Waals surface area (Å²) in [6.45, 7) is 4.74. The van der Waals surface area contributed by atoms with Crippen LogP contribution >= 0.6 is 0 Å². The first-order valence-electron chi connectivity index (χ1n) is 10.2. The zero-order valence-electron chi connectivity index (χ0n) is 16.3. The van der Waals surface area contributed by atoms with E-state index in [9.17, 15) is 5.11 Å². The van der Waals surface area contributed by atoms with Gasteiger partial charge < -0.3 is 9.84 Å². The predicted octanol–water partition coefficient (Wildman–Crippen LogP) is 3.94. The van der Waals surface area contributed by atoms with Crippen LogP contribution in [0, 0.1) is 12.8 Å². The number of pyridine rings is 1. The highest BCUT2D eigenvalue weighted by molar-refractivity contribution is 5.29. The third-order valence-electron chi connectivity index (χ3n) is 6.03. The number of aliphatic hydroxyl groups excluding tert-OH is 1. The van der Waals surface area contributed by atoms with E-state index in [-0.39, 0.29) is 6.10 Å². The smallest absolute Gasteiger partial charge is 0.220 e. The van der Waals surface area contributed by atoms with Crippen molar-refractivity contribution in [1.29, 1.82) is 0 Å². The summed E-state index contributed by atoms with van der Waals surface area (Å²) in [5.74, 6) is 2.90. The van der Waals surface area contributed by atoms with Crippen molar-refractivity contribution in [2.24, 2.45) is 5.92 Å². The molecule has 144 valence electrons. The molecule has 0 aliphatic heterocycles. The van der Waals surface area contributed by atoms with Crippen molar-refractivity contribution < 1.29 is 9.84 Å². The number of hydrogen-bond donors (Lipinski definition) is 1. The van der Waals surface area contributed by atoms with E-state index in [1.165, 1.54) is 11.3 Å². The molecule has 1 N–H and O–H groups in total. The zero-order chi connectivity index (χ0) is 18.8. The molecule has 0 radical (unpaired) electrons. The van der Waals surface area contributed by atoms with Crippen LogP contribution in [0.1, 0.15) is 73.5 Å². The van der Waals surface area contributed by atoms with Gasteiger partial charge in [0, 0.05) is 35.5 Å². The maximum atomic E-state index is 9.77. The Labute approximate surface area is 161 Å². The number of nitrogens with zero attached hydrogens (tertiary/aromatic N) is 3. The second-order valence-corrected chi connectivity index (χ2v) is 8.04. The molecule has 2 aromatic rings. The number of rotatable bonds is 6. The summed E-state index contributed by atoms with van der Waals surface area (Å²) in [5.41, 5.74) is 3.57. The van der Waals surface area contributed by atoms with Crippen LogP contribution in [-0.2, 0) is 6.42 Å². The van der Waals surface area contributed by atoms with Crippen molar-refractivity contribution in [3.8, 4) is 5.88 Å². The van der Waals surface area contributed by atoms with E-state index in [1.54, 1.807) is 0 Å². The van der Waals surface area contributed by atoms with E-state index in [1.807, 2.05) is 19.3 Å². The van der Waals surface area contributed by atoms with E-state index in [0.29, 0.717) is 24.4 Å². The van der Waals surface area contributed by atoms with Gasteiger partial charge in [0.25, 0.3) is 0 Å². The van der Waals surface area contributed by atoms with Crippen molar-refractivity contribution in [2.45, 2.75) is 70.3 Å². The molecule has 2 aromatic heterocycles. The lowest BCUT2D eigenvalue weighted by Crippen LogP contribution is -2.18. The average Bonchev–Trinajstić information content (AvgIpc) is 3.47. The molecule has 27 heavy (non-hydrogen) atoms. The lowest BCUT2D eigenvalue weighted by Gasteiger charge is -2.26. The third kappa shape index (κ3) is 4.29. The van der Waals surface area contributed by atoms with Crippen molar-refractivity contribution in [3.05, 3.63) is 47.2 Å². The van der Waals surface area contributed by atoms with Crippen LogP contribution in [0.25, 0.3) is 0 Å². The Morgan fingerprint density at radius 1 is 1.11 bits per heavy atom. The molecule has 2 aliphatic carbocycles. The van der Waals surface area contributed by atoms with E-state index < -0.39 is 0 Å². The minimum Gasteiger partial charge on any atom is -0.477 e. The van der Waals surface area contributed by atoms with Gasteiger partial charge in [-0.15, -0.1) is 0 Å². The number of aliphatic hydroxyl groups is 1.